The number of hydrogen-bond acceptors (Lipinski definition) is 3. The Morgan fingerprint density at radius 2 is 2.06 bits per heavy atom. The molecular formula is C12H19ClN2O. The van der Waals surface area contributed by atoms with E-state index in [0.717, 1.165) is 30.1 Å². The minimum Gasteiger partial charge on any atom is -0.495 e. The molecule has 0 atom stereocenters. The highest BCUT2D eigenvalue weighted by molar-refractivity contribution is 6.32. The van der Waals surface area contributed by atoms with Crippen molar-refractivity contribution in [2.75, 3.05) is 39.6 Å². The van der Waals surface area contributed by atoms with Gasteiger partial charge in [-0.3, -0.25) is 0 Å². The summed E-state index contributed by atoms with van der Waals surface area (Å²) in [4.78, 5) is 2.13. The number of aryl methyl sites for hydroxylation is 1. The SMILES string of the molecule is COc1cc(C)c(NCCN(C)C)cc1Cl. The van der Waals surface area contributed by atoms with Gasteiger partial charge >= 0.3 is 0 Å². The van der Waals surface area contributed by atoms with Crippen LogP contribution in [0.5, 0.6) is 5.75 Å². The van der Waals surface area contributed by atoms with Gasteiger partial charge in [0.15, 0.2) is 0 Å². The molecule has 0 aliphatic carbocycles. The fraction of sp³-hybridized carbons (Fsp3) is 0.500. The van der Waals surface area contributed by atoms with Gasteiger partial charge in [0, 0.05) is 18.8 Å². The zero-order valence-corrected chi connectivity index (χ0v) is 11.1. The van der Waals surface area contributed by atoms with Gasteiger partial charge in [-0.1, -0.05) is 11.6 Å². The van der Waals surface area contributed by atoms with Crippen LogP contribution in [0.4, 0.5) is 5.69 Å². The van der Waals surface area contributed by atoms with Crippen molar-refractivity contribution in [1.29, 1.82) is 0 Å². The molecule has 0 saturated carbocycles. The quantitative estimate of drug-likeness (QED) is 0.859. The van der Waals surface area contributed by atoms with E-state index >= 15 is 0 Å². The van der Waals surface area contributed by atoms with Crippen LogP contribution in [0.1, 0.15) is 5.56 Å². The molecule has 1 N–H and O–H groups in total. The Morgan fingerprint density at radius 1 is 1.38 bits per heavy atom. The van der Waals surface area contributed by atoms with Crippen molar-refractivity contribution in [3.8, 4) is 5.75 Å². The van der Waals surface area contributed by atoms with Gasteiger partial charge in [-0.15, -0.1) is 0 Å². The third kappa shape index (κ3) is 3.58. The molecule has 0 saturated heterocycles. The van der Waals surface area contributed by atoms with E-state index in [0.29, 0.717) is 5.02 Å². The number of nitrogens with zero attached hydrogens (tertiary/aromatic N) is 1. The van der Waals surface area contributed by atoms with Crippen LogP contribution in [-0.4, -0.2) is 39.2 Å². The summed E-state index contributed by atoms with van der Waals surface area (Å²) >= 11 is 6.07. The predicted octanol–water partition coefficient (Wildman–Crippen LogP) is 2.63. The van der Waals surface area contributed by atoms with Gasteiger partial charge in [-0.05, 0) is 38.7 Å². The highest BCUT2D eigenvalue weighted by Crippen LogP contribution is 2.30. The normalized spacial score (nSPS) is 10.6. The molecule has 1 aromatic rings. The van der Waals surface area contributed by atoms with Gasteiger partial charge < -0.3 is 15.0 Å². The summed E-state index contributed by atoms with van der Waals surface area (Å²) in [6.07, 6.45) is 0. The van der Waals surface area contributed by atoms with Crippen LogP contribution in [0.25, 0.3) is 0 Å². The number of halogens is 1. The van der Waals surface area contributed by atoms with Crippen molar-refractivity contribution >= 4 is 17.3 Å². The van der Waals surface area contributed by atoms with E-state index in [1.807, 2.05) is 19.1 Å². The maximum Gasteiger partial charge on any atom is 0.137 e. The molecule has 0 radical (unpaired) electrons. The molecule has 0 heterocycles. The third-order valence-corrected chi connectivity index (χ3v) is 2.67. The first kappa shape index (κ1) is 13.1. The smallest absolute Gasteiger partial charge is 0.137 e. The molecule has 0 aliphatic heterocycles. The Morgan fingerprint density at radius 3 is 2.62 bits per heavy atom. The number of anilines is 1. The van der Waals surface area contributed by atoms with Crippen LogP contribution >= 0.6 is 11.6 Å². The van der Waals surface area contributed by atoms with E-state index in [4.69, 9.17) is 16.3 Å². The molecule has 0 spiro atoms. The molecule has 0 bridgehead atoms. The molecule has 3 nitrogen and oxygen atoms in total. The Labute approximate surface area is 102 Å². The minimum absolute atomic E-state index is 0.639. The molecular weight excluding hydrogens is 224 g/mol. The van der Waals surface area contributed by atoms with Gasteiger partial charge in [0.05, 0.1) is 12.1 Å². The fourth-order valence-corrected chi connectivity index (χ4v) is 1.66. The molecule has 1 aromatic carbocycles. The Bertz CT molecular complexity index is 353. The monoisotopic (exact) mass is 242 g/mol. The van der Waals surface area contributed by atoms with Crippen molar-refractivity contribution < 1.29 is 4.74 Å². The number of rotatable bonds is 5. The lowest BCUT2D eigenvalue weighted by Gasteiger charge is -2.14. The van der Waals surface area contributed by atoms with Crippen LogP contribution in [-0.2, 0) is 0 Å². The first-order valence-corrected chi connectivity index (χ1v) is 5.65. The van der Waals surface area contributed by atoms with Crippen molar-refractivity contribution in [3.63, 3.8) is 0 Å². The van der Waals surface area contributed by atoms with E-state index in [1.54, 1.807) is 7.11 Å². The van der Waals surface area contributed by atoms with Crippen LogP contribution in [0.15, 0.2) is 12.1 Å². The number of benzene rings is 1. The van der Waals surface area contributed by atoms with E-state index in [2.05, 4.69) is 24.3 Å². The molecule has 0 unspecified atom stereocenters. The van der Waals surface area contributed by atoms with Gasteiger partial charge in [0.2, 0.25) is 0 Å². The second kappa shape index (κ2) is 5.97. The van der Waals surface area contributed by atoms with Crippen molar-refractivity contribution in [2.45, 2.75) is 6.92 Å². The molecule has 0 amide bonds. The summed E-state index contributed by atoms with van der Waals surface area (Å²) in [7, 11) is 5.73. The van der Waals surface area contributed by atoms with Gasteiger partial charge in [0.25, 0.3) is 0 Å². The van der Waals surface area contributed by atoms with Gasteiger partial charge in [-0.25, -0.2) is 0 Å². The maximum atomic E-state index is 6.07. The number of methoxy groups -OCH3 is 1. The van der Waals surface area contributed by atoms with Crippen LogP contribution in [0, 0.1) is 6.92 Å². The van der Waals surface area contributed by atoms with Gasteiger partial charge in [0.1, 0.15) is 5.75 Å². The topological polar surface area (TPSA) is 24.5 Å². The zero-order valence-electron chi connectivity index (χ0n) is 10.3. The minimum atomic E-state index is 0.639. The molecule has 0 fully saturated rings. The summed E-state index contributed by atoms with van der Waals surface area (Å²) < 4.78 is 5.16. The van der Waals surface area contributed by atoms with Crippen LogP contribution in [0.2, 0.25) is 5.02 Å². The van der Waals surface area contributed by atoms with E-state index in [-0.39, 0.29) is 0 Å². The molecule has 90 valence electrons. The highest BCUT2D eigenvalue weighted by Gasteiger charge is 2.05. The summed E-state index contributed by atoms with van der Waals surface area (Å²) in [5.41, 5.74) is 2.20. The van der Waals surface area contributed by atoms with E-state index in [9.17, 15) is 0 Å². The maximum absolute atomic E-state index is 6.07. The first-order valence-electron chi connectivity index (χ1n) is 5.27. The summed E-state index contributed by atoms with van der Waals surface area (Å²) in [5.74, 6) is 0.720. The average molecular weight is 243 g/mol. The molecule has 16 heavy (non-hydrogen) atoms. The Kier molecular flexibility index (Phi) is 4.90. The lowest BCUT2D eigenvalue weighted by Crippen LogP contribution is -2.21. The Balaban J connectivity index is 2.70. The largest absolute Gasteiger partial charge is 0.495 e. The second-order valence-corrected chi connectivity index (χ2v) is 4.44. The lowest BCUT2D eigenvalue weighted by molar-refractivity contribution is 0.414. The fourth-order valence-electron chi connectivity index (χ4n) is 1.42. The lowest BCUT2D eigenvalue weighted by atomic mass is 10.2. The van der Waals surface area contributed by atoms with E-state index in [1.165, 1.54) is 0 Å². The number of likely N-dealkylation sites (N-methyl/N-ethyl adjacent to an activating group) is 1. The average Bonchev–Trinajstić information content (AvgIpc) is 2.22. The Hall–Kier alpha value is -0.930. The van der Waals surface area contributed by atoms with E-state index < -0.39 is 0 Å². The van der Waals surface area contributed by atoms with Crippen LogP contribution in [0.3, 0.4) is 0 Å². The number of ether oxygens (including phenoxy) is 1. The number of nitrogens with one attached hydrogen (secondary N) is 1. The van der Waals surface area contributed by atoms with Gasteiger partial charge in [-0.2, -0.15) is 0 Å². The van der Waals surface area contributed by atoms with Crippen molar-refractivity contribution in [2.24, 2.45) is 0 Å². The summed E-state index contributed by atoms with van der Waals surface area (Å²) in [6.45, 7) is 3.93. The summed E-state index contributed by atoms with van der Waals surface area (Å²) in [6, 6.07) is 3.85. The second-order valence-electron chi connectivity index (χ2n) is 4.03. The van der Waals surface area contributed by atoms with Crippen LogP contribution < -0.4 is 10.1 Å². The molecule has 1 rings (SSSR count). The third-order valence-electron chi connectivity index (χ3n) is 2.37. The zero-order chi connectivity index (χ0) is 12.1. The molecule has 0 aromatic heterocycles. The van der Waals surface area contributed by atoms with Crippen molar-refractivity contribution in [1.82, 2.24) is 4.90 Å². The first-order chi connectivity index (χ1) is 7.54. The summed E-state index contributed by atoms with van der Waals surface area (Å²) in [5, 5.41) is 3.99. The van der Waals surface area contributed by atoms with Crippen molar-refractivity contribution in [3.05, 3.63) is 22.7 Å². The predicted molar refractivity (Wildman–Crippen MR) is 69.8 cm³/mol. The number of hydrogen-bond donors (Lipinski definition) is 1. The molecule has 0 aliphatic rings. The highest BCUT2D eigenvalue weighted by atomic mass is 35.5. The molecule has 4 heteroatoms. The standard InChI is InChI=1S/C12H19ClN2O/c1-9-7-12(16-4)10(13)8-11(9)14-5-6-15(2)3/h7-8,14H,5-6H2,1-4H3.